The molecule has 0 spiro atoms. The quantitative estimate of drug-likeness (QED) is 0.193. The number of aryl methyl sites for hydroxylation is 1. The summed E-state index contributed by atoms with van der Waals surface area (Å²) in [5.41, 5.74) is 0.900. The summed E-state index contributed by atoms with van der Waals surface area (Å²) >= 11 is 1.53. The van der Waals surface area contributed by atoms with Crippen molar-refractivity contribution in [3.05, 3.63) is 52.1 Å². The van der Waals surface area contributed by atoms with Crippen LogP contribution in [0.15, 0.2) is 34.9 Å². The molecule has 3 heterocycles. The molecule has 4 aromatic rings. The Morgan fingerprint density at radius 2 is 1.88 bits per heavy atom. The fourth-order valence-corrected chi connectivity index (χ4v) is 5.23. The molecule has 0 bridgehead atoms. The minimum absolute atomic E-state index is 0.262. The molecule has 18 heteroatoms. The van der Waals surface area contributed by atoms with Crippen LogP contribution in [0, 0.1) is 0 Å². The van der Waals surface area contributed by atoms with Crippen molar-refractivity contribution in [3.63, 3.8) is 0 Å². The van der Waals surface area contributed by atoms with Crippen molar-refractivity contribution in [2.45, 2.75) is 68.6 Å². The number of carboxylic acids is 1. The summed E-state index contributed by atoms with van der Waals surface area (Å²) in [5.74, 6) is -3.36. The Kier molecular flexibility index (Phi) is 8.53. The number of hydrogen-bond acceptors (Lipinski definition) is 11. The van der Waals surface area contributed by atoms with Crippen LogP contribution in [0.4, 0.5) is 22.0 Å². The molecular formula is C24H24F5N9O3S. The van der Waals surface area contributed by atoms with Gasteiger partial charge in [0.15, 0.2) is 5.82 Å². The van der Waals surface area contributed by atoms with Gasteiger partial charge in [-0.15, -0.1) is 15.3 Å². The first-order valence-electron chi connectivity index (χ1n) is 12.9. The SMILES string of the molecule is FC1(F)CC(n2nnnc2C(NCCCc2nc(-c3ccccc3)no2)c2nnc(C3CC3)s2)C1.O=C(O)C(F)(F)F. The number of carboxylic acid groups (broad SMARTS) is 1. The largest absolute Gasteiger partial charge is 0.490 e. The molecule has 0 radical (unpaired) electrons. The van der Waals surface area contributed by atoms with Crippen LogP contribution < -0.4 is 5.32 Å². The van der Waals surface area contributed by atoms with Crippen LogP contribution in [0.25, 0.3) is 11.4 Å². The number of alkyl halides is 5. The van der Waals surface area contributed by atoms with E-state index in [4.69, 9.17) is 14.4 Å². The van der Waals surface area contributed by atoms with E-state index in [-0.39, 0.29) is 12.8 Å². The van der Waals surface area contributed by atoms with Gasteiger partial charge in [-0.25, -0.2) is 18.3 Å². The summed E-state index contributed by atoms with van der Waals surface area (Å²) in [7, 11) is 0. The van der Waals surface area contributed by atoms with E-state index in [9.17, 15) is 22.0 Å². The Balaban J connectivity index is 0.000000451. The fraction of sp³-hybridized carbons (Fsp3) is 0.500. The van der Waals surface area contributed by atoms with Crippen LogP contribution in [0.2, 0.25) is 0 Å². The van der Waals surface area contributed by atoms with Gasteiger partial charge >= 0.3 is 12.1 Å². The van der Waals surface area contributed by atoms with Gasteiger partial charge < -0.3 is 14.9 Å². The zero-order valence-corrected chi connectivity index (χ0v) is 22.5. The normalized spacial score (nSPS) is 17.3. The number of tetrazole rings is 1. The van der Waals surface area contributed by atoms with Crippen molar-refractivity contribution >= 4 is 17.3 Å². The maximum atomic E-state index is 13.5. The Morgan fingerprint density at radius 1 is 1.17 bits per heavy atom. The zero-order chi connectivity index (χ0) is 29.9. The van der Waals surface area contributed by atoms with Crippen LogP contribution in [-0.4, -0.2) is 70.3 Å². The van der Waals surface area contributed by atoms with Crippen molar-refractivity contribution in [2.75, 3.05) is 6.54 Å². The molecule has 0 saturated heterocycles. The summed E-state index contributed by atoms with van der Waals surface area (Å²) < 4.78 is 65.7. The van der Waals surface area contributed by atoms with Crippen LogP contribution in [0.5, 0.6) is 0 Å². The molecule has 12 nitrogen and oxygen atoms in total. The molecule has 1 atom stereocenters. The highest BCUT2D eigenvalue weighted by atomic mass is 32.1. The molecule has 42 heavy (non-hydrogen) atoms. The molecule has 3 aromatic heterocycles. The van der Waals surface area contributed by atoms with Crippen molar-refractivity contribution in [3.8, 4) is 11.4 Å². The summed E-state index contributed by atoms with van der Waals surface area (Å²) in [6.45, 7) is 0.583. The van der Waals surface area contributed by atoms with Crippen molar-refractivity contribution in [1.29, 1.82) is 0 Å². The first kappa shape index (κ1) is 29.6. The molecule has 0 aliphatic heterocycles. The van der Waals surface area contributed by atoms with E-state index < -0.39 is 30.2 Å². The van der Waals surface area contributed by atoms with Gasteiger partial charge in [-0.2, -0.15) is 18.2 Å². The van der Waals surface area contributed by atoms with Crippen molar-refractivity contribution in [1.82, 2.24) is 45.9 Å². The highest BCUT2D eigenvalue weighted by Gasteiger charge is 2.48. The van der Waals surface area contributed by atoms with Gasteiger partial charge in [0, 0.05) is 30.7 Å². The van der Waals surface area contributed by atoms with E-state index in [1.54, 1.807) is 0 Å². The monoisotopic (exact) mass is 613 g/mol. The molecule has 1 aromatic carbocycles. The third kappa shape index (κ3) is 7.28. The number of rotatable bonds is 10. The van der Waals surface area contributed by atoms with E-state index in [1.165, 1.54) is 16.0 Å². The summed E-state index contributed by atoms with van der Waals surface area (Å²) in [5, 5.41) is 37.1. The lowest BCUT2D eigenvalue weighted by molar-refractivity contribution is -0.192. The minimum atomic E-state index is -5.08. The number of aliphatic carboxylic acids is 1. The second-order valence-electron chi connectivity index (χ2n) is 9.82. The van der Waals surface area contributed by atoms with Crippen LogP contribution in [0.1, 0.15) is 71.8 Å². The Labute approximate surface area is 238 Å². The maximum absolute atomic E-state index is 13.5. The number of hydrogen-bond donors (Lipinski definition) is 2. The van der Waals surface area contributed by atoms with Crippen molar-refractivity contribution < 1.29 is 36.4 Å². The molecule has 2 aliphatic carbocycles. The molecule has 0 amide bonds. The van der Waals surface area contributed by atoms with E-state index >= 15 is 0 Å². The summed E-state index contributed by atoms with van der Waals surface area (Å²) in [4.78, 5) is 13.4. The topological polar surface area (TPSA) is 158 Å². The van der Waals surface area contributed by atoms with E-state index in [2.05, 4.69) is 41.2 Å². The third-order valence-electron chi connectivity index (χ3n) is 6.48. The maximum Gasteiger partial charge on any atom is 0.490 e. The lowest BCUT2D eigenvalue weighted by atomic mass is 9.88. The average Bonchev–Trinajstić information content (AvgIpc) is 3.31. The van der Waals surface area contributed by atoms with E-state index in [0.717, 1.165) is 28.4 Å². The second kappa shape index (κ2) is 12.1. The molecule has 1 unspecified atom stereocenters. The minimum Gasteiger partial charge on any atom is -0.475 e. The second-order valence-corrected chi connectivity index (χ2v) is 10.9. The van der Waals surface area contributed by atoms with E-state index in [0.29, 0.717) is 42.8 Å². The smallest absolute Gasteiger partial charge is 0.475 e. The van der Waals surface area contributed by atoms with Gasteiger partial charge in [-0.1, -0.05) is 46.8 Å². The molecular weight excluding hydrogens is 589 g/mol. The predicted octanol–water partition coefficient (Wildman–Crippen LogP) is 4.37. The average molecular weight is 614 g/mol. The van der Waals surface area contributed by atoms with Gasteiger partial charge in [0.25, 0.3) is 5.92 Å². The van der Waals surface area contributed by atoms with Crippen molar-refractivity contribution in [2.24, 2.45) is 0 Å². The Hall–Kier alpha value is -3.93. The van der Waals surface area contributed by atoms with Gasteiger partial charge in [0.05, 0.1) is 6.04 Å². The highest BCUT2D eigenvalue weighted by Crippen LogP contribution is 2.46. The number of benzene rings is 1. The summed E-state index contributed by atoms with van der Waals surface area (Å²) in [6.07, 6.45) is -2.06. The molecule has 2 fully saturated rings. The van der Waals surface area contributed by atoms with Crippen LogP contribution in [0.3, 0.4) is 0 Å². The molecule has 2 aliphatic rings. The van der Waals surface area contributed by atoms with Gasteiger partial charge in [-0.3, -0.25) is 0 Å². The molecule has 2 N–H and O–H groups in total. The zero-order valence-electron chi connectivity index (χ0n) is 21.7. The number of nitrogens with zero attached hydrogens (tertiary/aromatic N) is 8. The molecule has 2 saturated carbocycles. The number of aromatic nitrogens is 8. The highest BCUT2D eigenvalue weighted by molar-refractivity contribution is 7.11. The molecule has 224 valence electrons. The van der Waals surface area contributed by atoms with Gasteiger partial charge in [0.2, 0.25) is 11.7 Å². The Morgan fingerprint density at radius 3 is 2.52 bits per heavy atom. The van der Waals surface area contributed by atoms with Crippen LogP contribution >= 0.6 is 11.3 Å². The first-order chi connectivity index (χ1) is 20.0. The first-order valence-corrected chi connectivity index (χ1v) is 13.7. The molecule has 6 rings (SSSR count). The Bertz CT molecular complexity index is 1480. The lowest BCUT2D eigenvalue weighted by Crippen LogP contribution is -2.39. The fourth-order valence-electron chi connectivity index (χ4n) is 4.15. The lowest BCUT2D eigenvalue weighted by Gasteiger charge is -2.35. The number of nitrogens with one attached hydrogen (secondary N) is 1. The summed E-state index contributed by atoms with van der Waals surface area (Å²) in [6, 6.07) is 8.79. The number of carbonyl (C=O) groups is 1. The predicted molar refractivity (Wildman–Crippen MR) is 135 cm³/mol. The number of halogens is 5. The van der Waals surface area contributed by atoms with Gasteiger partial charge in [0.1, 0.15) is 16.1 Å². The van der Waals surface area contributed by atoms with Gasteiger partial charge in [-0.05, 0) is 36.2 Å². The standard InChI is InChI=1S/C22H23F2N9OS.C2HF3O2/c23-22(24)11-15(12-22)33-19(27-31-32-33)17(21-29-28-20(35-21)14-8-9-14)25-10-4-7-16-26-18(30-34-16)13-5-2-1-3-6-13;3-2(4,5)1(6)7/h1-3,5-6,14-15,17,25H,4,7-12H2;(H,6,7). The third-order valence-corrected chi connectivity index (χ3v) is 7.63. The van der Waals surface area contributed by atoms with E-state index in [1.807, 2.05) is 30.3 Å². The van der Waals surface area contributed by atoms with Crippen LogP contribution in [-0.2, 0) is 11.2 Å².